The Bertz CT molecular complexity index is 731. The standard InChI is InChI=1S/C22H33NO4.C3H6/c1-15-8-7-9-17(12-15)20-18(25-6)13-16(2)14-19(20)26-11-10-23-21(24)27-22(3,4)5;1-3-2/h12-14,17H,7-11H2,1-6H3,(H,23,24);3H,1H2,2H3. The van der Waals surface area contributed by atoms with E-state index in [1.807, 2.05) is 40.7 Å². The van der Waals surface area contributed by atoms with Crippen molar-refractivity contribution >= 4 is 6.09 Å². The van der Waals surface area contributed by atoms with Crippen LogP contribution in [0, 0.1) is 6.92 Å². The van der Waals surface area contributed by atoms with Gasteiger partial charge in [-0.2, -0.15) is 0 Å². The Morgan fingerprint density at radius 2 is 1.90 bits per heavy atom. The van der Waals surface area contributed by atoms with E-state index in [9.17, 15) is 4.79 Å². The van der Waals surface area contributed by atoms with Gasteiger partial charge in [-0.15, -0.1) is 6.58 Å². The van der Waals surface area contributed by atoms with Gasteiger partial charge in [0.05, 0.1) is 13.7 Å². The zero-order valence-electron chi connectivity index (χ0n) is 19.8. The highest BCUT2D eigenvalue weighted by molar-refractivity contribution is 5.67. The number of aryl methyl sites for hydroxylation is 1. The topological polar surface area (TPSA) is 56.8 Å². The Morgan fingerprint density at radius 1 is 1.27 bits per heavy atom. The molecule has 1 unspecified atom stereocenters. The Labute approximate surface area is 182 Å². The number of amides is 1. The SMILES string of the molecule is C=CC.COc1cc(C)cc(OCCNC(=O)OC(C)(C)C)c1C1C=C(C)CCC1. The molecule has 1 N–H and O–H groups in total. The van der Waals surface area contributed by atoms with E-state index in [0.717, 1.165) is 35.5 Å². The van der Waals surface area contributed by atoms with Gasteiger partial charge < -0.3 is 19.5 Å². The summed E-state index contributed by atoms with van der Waals surface area (Å²) in [5, 5.41) is 2.73. The van der Waals surface area contributed by atoms with Gasteiger partial charge in [-0.1, -0.05) is 17.7 Å². The smallest absolute Gasteiger partial charge is 0.407 e. The van der Waals surface area contributed by atoms with Gasteiger partial charge in [-0.25, -0.2) is 4.79 Å². The maximum Gasteiger partial charge on any atom is 0.407 e. The maximum absolute atomic E-state index is 11.8. The molecule has 5 heteroatoms. The molecular formula is C25H39NO4. The molecule has 168 valence electrons. The van der Waals surface area contributed by atoms with Crippen molar-refractivity contribution in [2.75, 3.05) is 20.3 Å². The van der Waals surface area contributed by atoms with E-state index in [1.165, 1.54) is 12.0 Å². The minimum atomic E-state index is -0.507. The van der Waals surface area contributed by atoms with Crippen LogP contribution in [0.3, 0.4) is 0 Å². The Hall–Kier alpha value is -2.43. The fourth-order valence-electron chi connectivity index (χ4n) is 3.35. The number of benzene rings is 1. The summed E-state index contributed by atoms with van der Waals surface area (Å²) in [5.74, 6) is 1.98. The first-order valence-electron chi connectivity index (χ1n) is 10.6. The molecule has 1 amide bonds. The second-order valence-corrected chi connectivity index (χ2v) is 8.58. The molecule has 0 saturated carbocycles. The number of hydrogen-bond acceptors (Lipinski definition) is 4. The monoisotopic (exact) mass is 417 g/mol. The molecule has 1 aliphatic rings. The predicted octanol–water partition coefficient (Wildman–Crippen LogP) is 6.31. The number of nitrogens with one attached hydrogen (secondary N) is 1. The van der Waals surface area contributed by atoms with Crippen molar-refractivity contribution in [1.82, 2.24) is 5.32 Å². The van der Waals surface area contributed by atoms with Gasteiger partial charge in [0.15, 0.2) is 0 Å². The molecule has 0 bridgehead atoms. The Balaban J connectivity index is 0.00000141. The number of carbonyl (C=O) groups excluding carboxylic acids is 1. The number of allylic oxidation sites excluding steroid dienone is 3. The van der Waals surface area contributed by atoms with Crippen LogP contribution in [0.25, 0.3) is 0 Å². The third kappa shape index (κ3) is 8.93. The minimum absolute atomic E-state index is 0.295. The predicted molar refractivity (Wildman–Crippen MR) is 124 cm³/mol. The Kier molecular flexibility index (Phi) is 10.5. The summed E-state index contributed by atoms with van der Waals surface area (Å²) < 4.78 is 16.9. The summed E-state index contributed by atoms with van der Waals surface area (Å²) >= 11 is 0. The lowest BCUT2D eigenvalue weighted by Gasteiger charge is -2.25. The second-order valence-electron chi connectivity index (χ2n) is 8.58. The summed E-state index contributed by atoms with van der Waals surface area (Å²) in [5.41, 5.74) is 3.08. The highest BCUT2D eigenvalue weighted by atomic mass is 16.6. The van der Waals surface area contributed by atoms with Crippen molar-refractivity contribution in [2.24, 2.45) is 0 Å². The molecule has 0 heterocycles. The van der Waals surface area contributed by atoms with E-state index in [1.54, 1.807) is 13.2 Å². The number of alkyl carbamates (subject to hydrolysis) is 1. The van der Waals surface area contributed by atoms with Gasteiger partial charge in [-0.05, 0) is 78.5 Å². The van der Waals surface area contributed by atoms with Crippen LogP contribution in [0.4, 0.5) is 4.79 Å². The normalized spacial score (nSPS) is 15.8. The quantitative estimate of drug-likeness (QED) is 0.435. The van der Waals surface area contributed by atoms with Gasteiger partial charge >= 0.3 is 6.09 Å². The molecule has 1 aliphatic carbocycles. The molecule has 1 atom stereocenters. The summed E-state index contributed by atoms with van der Waals surface area (Å²) in [6.45, 7) is 15.7. The van der Waals surface area contributed by atoms with E-state index in [0.29, 0.717) is 19.1 Å². The highest BCUT2D eigenvalue weighted by Gasteiger charge is 2.23. The summed E-state index contributed by atoms with van der Waals surface area (Å²) in [7, 11) is 1.70. The highest BCUT2D eigenvalue weighted by Crippen LogP contribution is 2.42. The summed E-state index contributed by atoms with van der Waals surface area (Å²) in [6.07, 6.45) is 7.05. The average molecular weight is 418 g/mol. The molecule has 1 aromatic rings. The zero-order valence-corrected chi connectivity index (χ0v) is 19.8. The molecule has 2 rings (SSSR count). The minimum Gasteiger partial charge on any atom is -0.496 e. The first kappa shape index (κ1) is 25.6. The summed E-state index contributed by atoms with van der Waals surface area (Å²) in [4.78, 5) is 11.8. The largest absolute Gasteiger partial charge is 0.496 e. The molecule has 0 radical (unpaired) electrons. The van der Waals surface area contributed by atoms with E-state index in [-0.39, 0.29) is 0 Å². The van der Waals surface area contributed by atoms with E-state index >= 15 is 0 Å². The maximum atomic E-state index is 11.8. The van der Waals surface area contributed by atoms with Gasteiger partial charge in [0, 0.05) is 11.5 Å². The van der Waals surface area contributed by atoms with E-state index in [2.05, 4.69) is 31.0 Å². The van der Waals surface area contributed by atoms with Crippen molar-refractivity contribution < 1.29 is 19.0 Å². The molecule has 0 spiro atoms. The fourth-order valence-corrected chi connectivity index (χ4v) is 3.35. The van der Waals surface area contributed by atoms with Crippen LogP contribution in [0.1, 0.15) is 70.9 Å². The zero-order chi connectivity index (χ0) is 22.7. The van der Waals surface area contributed by atoms with Crippen LogP contribution in [-0.4, -0.2) is 32.0 Å². The van der Waals surface area contributed by atoms with Crippen molar-refractivity contribution in [1.29, 1.82) is 0 Å². The molecule has 0 aromatic heterocycles. The van der Waals surface area contributed by atoms with Crippen molar-refractivity contribution in [3.05, 3.63) is 47.6 Å². The number of methoxy groups -OCH3 is 1. The molecule has 0 fully saturated rings. The van der Waals surface area contributed by atoms with Gasteiger partial charge in [0.1, 0.15) is 23.7 Å². The van der Waals surface area contributed by atoms with Gasteiger partial charge in [-0.3, -0.25) is 0 Å². The molecule has 0 saturated heterocycles. The number of ether oxygens (including phenoxy) is 3. The fraction of sp³-hybridized carbons (Fsp3) is 0.560. The molecule has 1 aromatic carbocycles. The van der Waals surface area contributed by atoms with Crippen LogP contribution in [0.15, 0.2) is 36.4 Å². The van der Waals surface area contributed by atoms with Crippen LogP contribution >= 0.6 is 0 Å². The molecule has 0 aliphatic heterocycles. The lowest BCUT2D eigenvalue weighted by molar-refractivity contribution is 0.0520. The number of carbonyl (C=O) groups is 1. The van der Waals surface area contributed by atoms with Gasteiger partial charge in [0.2, 0.25) is 0 Å². The van der Waals surface area contributed by atoms with Crippen LogP contribution < -0.4 is 14.8 Å². The van der Waals surface area contributed by atoms with Crippen LogP contribution in [0.5, 0.6) is 11.5 Å². The van der Waals surface area contributed by atoms with Crippen molar-refractivity contribution in [2.45, 2.75) is 72.3 Å². The number of rotatable bonds is 6. The molecular weight excluding hydrogens is 378 g/mol. The molecule has 5 nitrogen and oxygen atoms in total. The summed E-state index contributed by atoms with van der Waals surface area (Å²) in [6, 6.07) is 4.10. The first-order chi connectivity index (χ1) is 14.1. The third-order valence-corrected chi connectivity index (χ3v) is 4.44. The third-order valence-electron chi connectivity index (χ3n) is 4.44. The van der Waals surface area contributed by atoms with Crippen molar-refractivity contribution in [3.8, 4) is 11.5 Å². The van der Waals surface area contributed by atoms with E-state index < -0.39 is 11.7 Å². The first-order valence-corrected chi connectivity index (χ1v) is 10.6. The van der Waals surface area contributed by atoms with Crippen LogP contribution in [-0.2, 0) is 4.74 Å². The lowest BCUT2D eigenvalue weighted by atomic mass is 9.85. The number of hydrogen-bond donors (Lipinski definition) is 1. The lowest BCUT2D eigenvalue weighted by Crippen LogP contribution is -2.34. The van der Waals surface area contributed by atoms with Crippen molar-refractivity contribution in [3.63, 3.8) is 0 Å². The van der Waals surface area contributed by atoms with Gasteiger partial charge in [0.25, 0.3) is 0 Å². The van der Waals surface area contributed by atoms with E-state index in [4.69, 9.17) is 14.2 Å². The Morgan fingerprint density at radius 3 is 2.47 bits per heavy atom. The molecule has 30 heavy (non-hydrogen) atoms. The second kappa shape index (κ2) is 12.3. The van der Waals surface area contributed by atoms with Crippen LogP contribution in [0.2, 0.25) is 0 Å². The average Bonchev–Trinajstić information content (AvgIpc) is 2.64.